The molecule has 5 rings (SSSR count). The Morgan fingerprint density at radius 1 is 1.00 bits per heavy atom. The number of nitrogens with zero attached hydrogens (tertiary/aromatic N) is 9. The first-order valence-corrected chi connectivity index (χ1v) is 8.86. The van der Waals surface area contributed by atoms with E-state index >= 15 is 0 Å². The second kappa shape index (κ2) is 6.20. The van der Waals surface area contributed by atoms with Crippen LogP contribution >= 0.6 is 11.6 Å². The van der Waals surface area contributed by atoms with E-state index in [9.17, 15) is 0 Å². The van der Waals surface area contributed by atoms with Crippen LogP contribution in [-0.4, -0.2) is 39.5 Å². The van der Waals surface area contributed by atoms with Crippen molar-refractivity contribution in [1.29, 1.82) is 0 Å². The average Bonchev–Trinajstić information content (AvgIpc) is 3.43. The van der Waals surface area contributed by atoms with E-state index in [0.717, 1.165) is 30.5 Å². The lowest BCUT2D eigenvalue weighted by atomic mass is 10.3. The minimum Gasteiger partial charge on any atom is -0.330 e. The van der Waals surface area contributed by atoms with Gasteiger partial charge in [0.15, 0.2) is 5.82 Å². The molecule has 0 amide bonds. The minimum absolute atomic E-state index is 0.422. The molecule has 0 saturated carbocycles. The molecule has 0 aliphatic carbocycles. The highest BCUT2D eigenvalue weighted by Crippen LogP contribution is 2.29. The van der Waals surface area contributed by atoms with Crippen molar-refractivity contribution in [3.8, 4) is 5.69 Å². The normalized spacial score (nSPS) is 13.3. The summed E-state index contributed by atoms with van der Waals surface area (Å²) in [5.74, 6) is 1.52. The van der Waals surface area contributed by atoms with Crippen molar-refractivity contribution in [1.82, 2.24) is 39.5 Å². The van der Waals surface area contributed by atoms with Crippen molar-refractivity contribution >= 4 is 17.5 Å². The van der Waals surface area contributed by atoms with E-state index in [0.29, 0.717) is 11.6 Å². The first kappa shape index (κ1) is 16.0. The summed E-state index contributed by atoms with van der Waals surface area (Å²) in [7, 11) is 1.96. The topological polar surface area (TPSA) is 82.5 Å². The third-order valence-electron chi connectivity index (χ3n) is 4.68. The largest absolute Gasteiger partial charge is 0.330 e. The highest BCUT2D eigenvalue weighted by atomic mass is 35.5. The maximum absolute atomic E-state index is 6.07. The van der Waals surface area contributed by atoms with Gasteiger partial charge in [-0.2, -0.15) is 20.1 Å². The van der Waals surface area contributed by atoms with Gasteiger partial charge in [0, 0.05) is 24.2 Å². The van der Waals surface area contributed by atoms with Gasteiger partial charge in [-0.25, -0.2) is 0 Å². The van der Waals surface area contributed by atoms with Crippen molar-refractivity contribution in [2.24, 2.45) is 7.05 Å². The lowest BCUT2D eigenvalue weighted by molar-refractivity contribution is 0.563. The van der Waals surface area contributed by atoms with E-state index in [1.165, 1.54) is 11.3 Å². The molecule has 0 N–H and O–H groups in total. The molecule has 27 heavy (non-hydrogen) atoms. The number of benzene rings is 1. The van der Waals surface area contributed by atoms with Crippen molar-refractivity contribution in [2.45, 2.75) is 19.6 Å². The van der Waals surface area contributed by atoms with Crippen molar-refractivity contribution < 1.29 is 0 Å². The lowest BCUT2D eigenvalue weighted by Crippen LogP contribution is -2.21. The molecule has 136 valence electrons. The zero-order valence-electron chi connectivity index (χ0n) is 14.6. The van der Waals surface area contributed by atoms with Gasteiger partial charge in [0.1, 0.15) is 6.54 Å². The van der Waals surface area contributed by atoms with Gasteiger partial charge in [-0.15, -0.1) is 10.2 Å². The second-order valence-corrected chi connectivity index (χ2v) is 6.82. The van der Waals surface area contributed by atoms with E-state index in [-0.39, 0.29) is 0 Å². The summed E-state index contributed by atoms with van der Waals surface area (Å²) in [6, 6.07) is 7.64. The van der Waals surface area contributed by atoms with E-state index in [1.807, 2.05) is 46.8 Å². The zero-order chi connectivity index (χ0) is 18.4. The Balaban J connectivity index is 1.57. The van der Waals surface area contributed by atoms with Crippen LogP contribution in [0.4, 0.5) is 5.95 Å². The quantitative estimate of drug-likeness (QED) is 0.536. The molecule has 1 aliphatic rings. The molecule has 4 heterocycles. The fourth-order valence-corrected chi connectivity index (χ4v) is 3.47. The molecule has 1 aromatic carbocycles. The summed E-state index contributed by atoms with van der Waals surface area (Å²) in [5, 5.41) is 22.3. The van der Waals surface area contributed by atoms with Gasteiger partial charge in [-0.1, -0.05) is 11.6 Å². The van der Waals surface area contributed by atoms with Crippen LogP contribution in [0.1, 0.15) is 17.1 Å². The third kappa shape index (κ3) is 2.76. The number of halogens is 1. The molecule has 4 aromatic rings. The molecule has 0 fully saturated rings. The summed E-state index contributed by atoms with van der Waals surface area (Å²) in [5.41, 5.74) is 3.34. The van der Waals surface area contributed by atoms with E-state index in [4.69, 9.17) is 11.6 Å². The number of aromatic nitrogens is 8. The van der Waals surface area contributed by atoms with Crippen LogP contribution in [0, 0.1) is 0 Å². The number of hydrogen-bond donors (Lipinski definition) is 0. The van der Waals surface area contributed by atoms with Gasteiger partial charge in [0.2, 0.25) is 5.95 Å². The van der Waals surface area contributed by atoms with Gasteiger partial charge in [-0.05, 0) is 24.3 Å². The molecule has 0 unspecified atom stereocenters. The third-order valence-corrected chi connectivity index (χ3v) is 4.93. The summed E-state index contributed by atoms with van der Waals surface area (Å²) in [6.07, 6.45) is 5.20. The molecule has 1 aliphatic heterocycles. The first-order valence-electron chi connectivity index (χ1n) is 8.48. The summed E-state index contributed by atoms with van der Waals surface area (Å²) < 4.78 is 3.94. The van der Waals surface area contributed by atoms with Crippen molar-refractivity contribution in [3.63, 3.8) is 0 Å². The molecular weight excluding hydrogens is 366 g/mol. The zero-order valence-corrected chi connectivity index (χ0v) is 15.3. The van der Waals surface area contributed by atoms with Gasteiger partial charge in [0.25, 0.3) is 0 Å². The standard InChI is InChI=1S/C17H16ClN9/c1-24-15-10-25(9-12(15)8-21-24)17-23-22-16(11-26-19-6-7-20-26)27(17)14-4-2-13(18)3-5-14/h2-8H,9-11H2,1H3. The smallest absolute Gasteiger partial charge is 0.232 e. The number of hydrogen-bond acceptors (Lipinski definition) is 6. The van der Waals surface area contributed by atoms with E-state index in [1.54, 1.807) is 17.2 Å². The van der Waals surface area contributed by atoms with E-state index < -0.39 is 0 Å². The second-order valence-electron chi connectivity index (χ2n) is 6.38. The molecule has 0 bridgehead atoms. The average molecular weight is 382 g/mol. The number of anilines is 1. The molecule has 0 radical (unpaired) electrons. The number of fused-ring (bicyclic) bond motifs is 1. The molecule has 0 atom stereocenters. The van der Waals surface area contributed by atoms with E-state index in [2.05, 4.69) is 30.4 Å². The van der Waals surface area contributed by atoms with Crippen molar-refractivity contribution in [3.05, 3.63) is 65.0 Å². The van der Waals surface area contributed by atoms with Crippen LogP contribution in [0.3, 0.4) is 0 Å². The Morgan fingerprint density at radius 2 is 1.78 bits per heavy atom. The summed E-state index contributed by atoms with van der Waals surface area (Å²) >= 11 is 6.07. The Hall–Kier alpha value is -3.20. The molecule has 9 nitrogen and oxygen atoms in total. The Kier molecular flexibility index (Phi) is 3.68. The fraction of sp³-hybridized carbons (Fsp3) is 0.235. The molecule has 10 heteroatoms. The first-order chi connectivity index (χ1) is 13.2. The molecule has 0 spiro atoms. The highest BCUT2D eigenvalue weighted by molar-refractivity contribution is 6.30. The fourth-order valence-electron chi connectivity index (χ4n) is 3.35. The van der Waals surface area contributed by atoms with Crippen LogP contribution in [0.2, 0.25) is 5.02 Å². The van der Waals surface area contributed by atoms with Crippen LogP contribution < -0.4 is 4.90 Å². The minimum atomic E-state index is 0.422. The monoisotopic (exact) mass is 381 g/mol. The molecule has 0 saturated heterocycles. The van der Waals surface area contributed by atoms with Gasteiger partial charge >= 0.3 is 0 Å². The number of rotatable bonds is 4. The van der Waals surface area contributed by atoms with Crippen LogP contribution in [0.15, 0.2) is 42.9 Å². The predicted molar refractivity (Wildman–Crippen MR) is 98.6 cm³/mol. The maximum atomic E-state index is 6.07. The van der Waals surface area contributed by atoms with Gasteiger partial charge in [0.05, 0.1) is 36.5 Å². The molecule has 3 aromatic heterocycles. The summed E-state index contributed by atoms with van der Waals surface area (Å²) in [6.45, 7) is 1.90. The Bertz CT molecular complexity index is 1080. The maximum Gasteiger partial charge on any atom is 0.232 e. The Labute approximate surface area is 159 Å². The lowest BCUT2D eigenvalue weighted by Gasteiger charge is -2.19. The van der Waals surface area contributed by atoms with Crippen molar-refractivity contribution in [2.75, 3.05) is 4.90 Å². The molecular formula is C17H16ClN9. The van der Waals surface area contributed by atoms with Crippen LogP contribution in [0.5, 0.6) is 0 Å². The highest BCUT2D eigenvalue weighted by Gasteiger charge is 2.28. The Morgan fingerprint density at radius 3 is 2.52 bits per heavy atom. The van der Waals surface area contributed by atoms with Gasteiger partial charge in [-0.3, -0.25) is 9.25 Å². The summed E-state index contributed by atoms with van der Waals surface area (Å²) in [4.78, 5) is 3.77. The SMILES string of the molecule is Cn1ncc2c1CN(c1nnc(Cn3nccn3)n1-c1ccc(Cl)cc1)C2. The van der Waals surface area contributed by atoms with Gasteiger partial charge < -0.3 is 4.90 Å². The van der Waals surface area contributed by atoms with Crippen LogP contribution in [0.25, 0.3) is 5.69 Å². The number of aryl methyl sites for hydroxylation is 1. The van der Waals surface area contributed by atoms with Crippen LogP contribution in [-0.2, 0) is 26.7 Å². The predicted octanol–water partition coefficient (Wildman–Crippen LogP) is 1.81.